The Bertz CT molecular complexity index is 777. The smallest absolute Gasteiger partial charge is 0.0968 e. The molecule has 2 saturated heterocycles. The molecule has 2 atom stereocenters. The molecule has 3 heterocycles. The van der Waals surface area contributed by atoms with E-state index in [0.717, 1.165) is 45.0 Å². The molecule has 29 heavy (non-hydrogen) atoms. The van der Waals surface area contributed by atoms with Crippen molar-refractivity contribution in [3.8, 4) is 11.3 Å². The number of nitrogens with zero attached hydrogens (tertiary/aromatic N) is 5. The molecule has 0 bridgehead atoms. The van der Waals surface area contributed by atoms with E-state index >= 15 is 0 Å². The first-order chi connectivity index (χ1) is 14.1. The number of benzene rings is 1. The molecule has 1 aromatic heterocycles. The van der Waals surface area contributed by atoms with Crippen LogP contribution in [0.4, 0.5) is 0 Å². The van der Waals surface area contributed by atoms with Gasteiger partial charge in [0, 0.05) is 70.2 Å². The van der Waals surface area contributed by atoms with Gasteiger partial charge in [-0.05, 0) is 38.4 Å². The van der Waals surface area contributed by atoms with Crippen LogP contribution in [-0.2, 0) is 13.6 Å². The summed E-state index contributed by atoms with van der Waals surface area (Å²) in [5.41, 5.74) is 3.52. The molecule has 6 heteroatoms. The summed E-state index contributed by atoms with van der Waals surface area (Å²) in [5.74, 6) is 0.910. The second-order valence-electron chi connectivity index (χ2n) is 8.90. The van der Waals surface area contributed by atoms with Crippen LogP contribution in [0, 0.1) is 11.8 Å². The average Bonchev–Trinajstić information content (AvgIpc) is 3.21. The third kappa shape index (κ3) is 5.07. The summed E-state index contributed by atoms with van der Waals surface area (Å²) in [7, 11) is 4.21. The monoisotopic (exact) mass is 397 g/mol. The van der Waals surface area contributed by atoms with Gasteiger partial charge in [-0.1, -0.05) is 30.3 Å². The molecule has 0 aliphatic carbocycles. The van der Waals surface area contributed by atoms with Crippen molar-refractivity contribution in [1.29, 1.82) is 0 Å². The number of likely N-dealkylation sites (tertiary alicyclic amines) is 1. The van der Waals surface area contributed by atoms with Crippen molar-refractivity contribution < 1.29 is 5.11 Å². The van der Waals surface area contributed by atoms with Crippen LogP contribution in [0.3, 0.4) is 0 Å². The Hall–Kier alpha value is -1.73. The van der Waals surface area contributed by atoms with Crippen molar-refractivity contribution in [1.82, 2.24) is 24.5 Å². The predicted molar refractivity (Wildman–Crippen MR) is 117 cm³/mol. The van der Waals surface area contributed by atoms with Gasteiger partial charge in [-0.25, -0.2) is 0 Å². The van der Waals surface area contributed by atoms with Gasteiger partial charge in [0.15, 0.2) is 0 Å². The Morgan fingerprint density at radius 2 is 1.76 bits per heavy atom. The van der Waals surface area contributed by atoms with E-state index in [1.807, 2.05) is 17.8 Å². The van der Waals surface area contributed by atoms with E-state index in [0.29, 0.717) is 11.8 Å². The molecule has 1 N–H and O–H groups in total. The number of aliphatic hydroxyl groups excluding tert-OH is 1. The largest absolute Gasteiger partial charge is 0.396 e. The minimum Gasteiger partial charge on any atom is -0.396 e. The van der Waals surface area contributed by atoms with Gasteiger partial charge in [0.25, 0.3) is 0 Å². The molecule has 1 aromatic carbocycles. The first-order valence-corrected chi connectivity index (χ1v) is 10.9. The first kappa shape index (κ1) is 20.5. The van der Waals surface area contributed by atoms with Gasteiger partial charge in [0.2, 0.25) is 0 Å². The average molecular weight is 398 g/mol. The molecule has 2 aliphatic rings. The quantitative estimate of drug-likeness (QED) is 0.805. The summed E-state index contributed by atoms with van der Waals surface area (Å²) in [6.07, 6.45) is 3.39. The van der Waals surface area contributed by atoms with E-state index in [-0.39, 0.29) is 6.61 Å². The summed E-state index contributed by atoms with van der Waals surface area (Å²) in [5, 5.41) is 14.7. The number of aliphatic hydroxyl groups is 1. The van der Waals surface area contributed by atoms with Crippen LogP contribution < -0.4 is 0 Å². The second-order valence-corrected chi connectivity index (χ2v) is 8.90. The number of hydrogen-bond donors (Lipinski definition) is 1. The number of rotatable bonds is 6. The van der Waals surface area contributed by atoms with E-state index in [1.54, 1.807) is 0 Å². The van der Waals surface area contributed by atoms with Crippen molar-refractivity contribution in [3.63, 3.8) is 0 Å². The maximum absolute atomic E-state index is 10.0. The van der Waals surface area contributed by atoms with Crippen molar-refractivity contribution in [2.75, 3.05) is 59.5 Å². The fourth-order valence-electron chi connectivity index (χ4n) is 4.93. The first-order valence-electron chi connectivity index (χ1n) is 10.9. The molecule has 2 fully saturated rings. The van der Waals surface area contributed by atoms with Crippen LogP contribution in [0.5, 0.6) is 0 Å². The van der Waals surface area contributed by atoms with E-state index in [9.17, 15) is 5.11 Å². The highest BCUT2D eigenvalue weighted by Crippen LogP contribution is 2.29. The van der Waals surface area contributed by atoms with Crippen molar-refractivity contribution in [2.24, 2.45) is 18.9 Å². The molecule has 0 spiro atoms. The number of aryl methyl sites for hydroxylation is 1. The fraction of sp³-hybridized carbons (Fsp3) is 0.609. The van der Waals surface area contributed by atoms with Gasteiger partial charge in [0.05, 0.1) is 5.69 Å². The van der Waals surface area contributed by atoms with Crippen LogP contribution in [0.1, 0.15) is 12.0 Å². The zero-order chi connectivity index (χ0) is 20.2. The SMILES string of the molecule is CN1CCCN(C[C@@H]2CN(Cc3cn(C)nc3-c3ccccc3)C[C@@H]2CO)CC1. The number of aromatic nitrogens is 2. The zero-order valence-electron chi connectivity index (χ0n) is 17.9. The highest BCUT2D eigenvalue weighted by Gasteiger charge is 2.34. The Morgan fingerprint density at radius 3 is 2.55 bits per heavy atom. The lowest BCUT2D eigenvalue weighted by Gasteiger charge is -2.26. The summed E-state index contributed by atoms with van der Waals surface area (Å²) >= 11 is 0. The van der Waals surface area contributed by atoms with Gasteiger partial charge >= 0.3 is 0 Å². The van der Waals surface area contributed by atoms with Crippen molar-refractivity contribution in [3.05, 3.63) is 42.1 Å². The molecule has 6 nitrogen and oxygen atoms in total. The van der Waals surface area contributed by atoms with E-state index < -0.39 is 0 Å². The molecule has 158 valence electrons. The second kappa shape index (κ2) is 9.39. The van der Waals surface area contributed by atoms with Gasteiger partial charge in [0.1, 0.15) is 0 Å². The van der Waals surface area contributed by atoms with Crippen LogP contribution in [0.15, 0.2) is 36.5 Å². The van der Waals surface area contributed by atoms with Gasteiger partial charge in [-0.2, -0.15) is 5.10 Å². The van der Waals surface area contributed by atoms with Crippen LogP contribution in [-0.4, -0.2) is 89.1 Å². The highest BCUT2D eigenvalue weighted by atomic mass is 16.3. The standard InChI is InChI=1S/C23H35N5O/c1-25-9-6-10-27(12-11-25)14-20-15-28(17-22(20)18-29)16-21-13-26(2)24-23(21)19-7-4-3-5-8-19/h3-5,7-8,13,20,22,29H,6,9-12,14-18H2,1-2H3/t20-,22-/m1/s1. The van der Waals surface area contributed by atoms with E-state index in [1.165, 1.54) is 30.6 Å². The Labute approximate surface area is 174 Å². The molecular formula is C23H35N5O. The lowest BCUT2D eigenvalue weighted by Crippen LogP contribution is -2.36. The van der Waals surface area contributed by atoms with Gasteiger partial charge in [-0.15, -0.1) is 0 Å². The summed E-state index contributed by atoms with van der Waals surface area (Å²) in [6, 6.07) is 10.4. The lowest BCUT2D eigenvalue weighted by molar-refractivity contribution is 0.165. The van der Waals surface area contributed by atoms with E-state index in [2.05, 4.69) is 52.2 Å². The van der Waals surface area contributed by atoms with Crippen LogP contribution in [0.2, 0.25) is 0 Å². The third-order valence-corrected chi connectivity index (χ3v) is 6.54. The zero-order valence-corrected chi connectivity index (χ0v) is 17.9. The number of likely N-dealkylation sites (N-methyl/N-ethyl adjacent to an activating group) is 1. The molecule has 0 amide bonds. The molecule has 2 aromatic rings. The van der Waals surface area contributed by atoms with Crippen LogP contribution in [0.25, 0.3) is 11.3 Å². The maximum Gasteiger partial charge on any atom is 0.0968 e. The molecule has 2 aliphatic heterocycles. The minimum atomic E-state index is 0.285. The van der Waals surface area contributed by atoms with Crippen LogP contribution >= 0.6 is 0 Å². The normalized spacial score (nSPS) is 24.8. The molecule has 0 unspecified atom stereocenters. The predicted octanol–water partition coefficient (Wildman–Crippen LogP) is 1.76. The maximum atomic E-state index is 10.0. The Morgan fingerprint density at radius 1 is 0.966 bits per heavy atom. The molecule has 0 saturated carbocycles. The van der Waals surface area contributed by atoms with Crippen molar-refractivity contribution >= 4 is 0 Å². The lowest BCUT2D eigenvalue weighted by atomic mass is 9.96. The Kier molecular flexibility index (Phi) is 6.65. The summed E-state index contributed by atoms with van der Waals surface area (Å²) < 4.78 is 1.92. The van der Waals surface area contributed by atoms with Gasteiger partial charge in [-0.3, -0.25) is 9.58 Å². The Balaban J connectivity index is 1.42. The minimum absolute atomic E-state index is 0.285. The molecule has 0 radical (unpaired) electrons. The number of hydrogen-bond acceptors (Lipinski definition) is 5. The van der Waals surface area contributed by atoms with Crippen molar-refractivity contribution in [2.45, 2.75) is 13.0 Å². The summed E-state index contributed by atoms with van der Waals surface area (Å²) in [4.78, 5) is 7.55. The highest BCUT2D eigenvalue weighted by molar-refractivity contribution is 5.62. The molecular weight excluding hydrogens is 362 g/mol. The third-order valence-electron chi connectivity index (χ3n) is 6.54. The molecule has 4 rings (SSSR count). The van der Waals surface area contributed by atoms with Gasteiger partial charge < -0.3 is 14.9 Å². The van der Waals surface area contributed by atoms with E-state index in [4.69, 9.17) is 5.10 Å². The summed E-state index contributed by atoms with van der Waals surface area (Å²) in [6.45, 7) is 8.98. The fourth-order valence-corrected chi connectivity index (χ4v) is 4.93. The topological polar surface area (TPSA) is 47.8 Å².